The minimum atomic E-state index is -0.667. The smallest absolute Gasteiger partial charge is 0.395 e. The molecule has 37 heavy (non-hydrogen) atoms. The zero-order valence-electron chi connectivity index (χ0n) is 22.7. The third-order valence-corrected chi connectivity index (χ3v) is 10.1. The average Bonchev–Trinajstić information content (AvgIpc) is 3.32. The highest BCUT2D eigenvalue weighted by Gasteiger charge is 2.44. The monoisotopic (exact) mass is 507 g/mol. The second-order valence-corrected chi connectivity index (χ2v) is 12.6. The maximum atomic E-state index is 13.1. The minimum absolute atomic E-state index is 0.168. The topological polar surface area (TPSA) is 71.1 Å². The summed E-state index contributed by atoms with van der Waals surface area (Å²) >= 11 is 0. The van der Waals surface area contributed by atoms with Gasteiger partial charge in [-0.15, -0.1) is 0 Å². The fourth-order valence-electron chi connectivity index (χ4n) is 8.60. The molecule has 1 aromatic rings. The number of hydrazine groups is 1. The summed E-state index contributed by atoms with van der Waals surface area (Å²) in [5.41, 5.74) is 1.84. The first kappa shape index (κ1) is 25.5. The summed E-state index contributed by atoms with van der Waals surface area (Å²) in [6.45, 7) is 3.05. The van der Waals surface area contributed by atoms with Crippen molar-refractivity contribution in [2.75, 3.05) is 23.7 Å². The first-order valence-electron chi connectivity index (χ1n) is 15.2. The van der Waals surface area contributed by atoms with Gasteiger partial charge in [-0.2, -0.15) is 0 Å². The Morgan fingerprint density at radius 2 is 1.51 bits per heavy atom. The van der Waals surface area contributed by atoms with Gasteiger partial charge in [-0.25, -0.2) is 9.71 Å². The highest BCUT2D eigenvalue weighted by molar-refractivity contribution is 6.45. The number of rotatable bonds is 5. The van der Waals surface area contributed by atoms with Crippen molar-refractivity contribution in [2.45, 2.75) is 114 Å². The van der Waals surface area contributed by atoms with Crippen molar-refractivity contribution in [1.82, 2.24) is 14.8 Å². The van der Waals surface area contributed by atoms with Crippen LogP contribution in [0.2, 0.25) is 6.82 Å². The molecule has 0 aromatic heterocycles. The summed E-state index contributed by atoms with van der Waals surface area (Å²) in [6.07, 6.45) is 17.6. The molecular weight excluding hydrogens is 461 g/mol. The van der Waals surface area contributed by atoms with Crippen LogP contribution in [0.1, 0.15) is 83.5 Å². The lowest BCUT2D eigenvalue weighted by atomic mass is 9.73. The van der Waals surface area contributed by atoms with E-state index >= 15 is 0 Å². The van der Waals surface area contributed by atoms with Crippen LogP contribution in [-0.4, -0.2) is 70.2 Å². The molecule has 2 amide bonds. The maximum Gasteiger partial charge on any atom is 0.395 e. The lowest BCUT2D eigenvalue weighted by Gasteiger charge is -2.54. The van der Waals surface area contributed by atoms with Crippen molar-refractivity contribution >= 4 is 24.5 Å². The molecule has 1 aromatic carbocycles. The van der Waals surface area contributed by atoms with E-state index in [2.05, 4.69) is 27.7 Å². The molecule has 0 spiro atoms. The van der Waals surface area contributed by atoms with Gasteiger partial charge in [0, 0.05) is 37.3 Å². The zero-order chi connectivity index (χ0) is 25.4. The van der Waals surface area contributed by atoms with E-state index in [-0.39, 0.29) is 6.03 Å². The van der Waals surface area contributed by atoms with Crippen molar-refractivity contribution in [3.63, 3.8) is 0 Å². The predicted molar refractivity (Wildman–Crippen MR) is 150 cm³/mol. The number of urea groups is 1. The molecule has 7 nitrogen and oxygen atoms in total. The first-order valence-corrected chi connectivity index (χ1v) is 15.2. The van der Waals surface area contributed by atoms with Gasteiger partial charge < -0.3 is 15.7 Å². The van der Waals surface area contributed by atoms with Crippen molar-refractivity contribution in [3.8, 4) is 0 Å². The fraction of sp³-hybridized carbons (Fsp3) is 0.759. The van der Waals surface area contributed by atoms with Gasteiger partial charge in [-0.1, -0.05) is 44.2 Å². The highest BCUT2D eigenvalue weighted by Crippen LogP contribution is 2.45. The molecule has 3 heterocycles. The Labute approximate surface area is 223 Å². The molecule has 5 fully saturated rings. The van der Waals surface area contributed by atoms with Crippen LogP contribution in [0.3, 0.4) is 0 Å². The Kier molecular flexibility index (Phi) is 7.69. The third kappa shape index (κ3) is 5.53. The third-order valence-electron chi connectivity index (χ3n) is 10.1. The molecular formula is C29H46BN5O2. The van der Waals surface area contributed by atoms with Gasteiger partial charge in [0.25, 0.3) is 0 Å². The highest BCUT2D eigenvalue weighted by atomic mass is 16.2. The van der Waals surface area contributed by atoms with Gasteiger partial charge in [0.05, 0.1) is 11.4 Å². The molecule has 2 unspecified atom stereocenters. The Morgan fingerprint density at radius 3 is 2.19 bits per heavy atom. The van der Waals surface area contributed by atoms with E-state index in [0.29, 0.717) is 31.2 Å². The summed E-state index contributed by atoms with van der Waals surface area (Å²) in [5, 5.41) is 18.7. The fourth-order valence-corrected chi connectivity index (χ4v) is 8.60. The SMILES string of the molecule is CB(O)N1CCCN1C(=O)Nc1ccccc1NC1C[C@H]2CCC[C@@H](C1)N2C1C[C@H]2CCCC[C@@H](C1)C2. The van der Waals surface area contributed by atoms with E-state index in [4.69, 9.17) is 0 Å². The van der Waals surface area contributed by atoms with Gasteiger partial charge in [-0.05, 0) is 82.2 Å². The molecule has 2 aliphatic carbocycles. The van der Waals surface area contributed by atoms with Crippen molar-refractivity contribution < 1.29 is 9.82 Å². The number of anilines is 2. The van der Waals surface area contributed by atoms with E-state index < -0.39 is 7.05 Å². The molecule has 6 rings (SSSR count). The summed E-state index contributed by atoms with van der Waals surface area (Å²) in [5.74, 6) is 1.94. The predicted octanol–water partition coefficient (Wildman–Crippen LogP) is 5.41. The largest absolute Gasteiger partial charge is 0.436 e. The number of amides is 2. The van der Waals surface area contributed by atoms with Crippen LogP contribution in [0.25, 0.3) is 0 Å². The van der Waals surface area contributed by atoms with Gasteiger partial charge in [0.2, 0.25) is 0 Å². The number of piperidine rings is 2. The van der Waals surface area contributed by atoms with Crippen LogP contribution in [0.15, 0.2) is 24.3 Å². The summed E-state index contributed by atoms with van der Waals surface area (Å²) in [7, 11) is -0.667. The molecule has 6 atom stereocenters. The van der Waals surface area contributed by atoms with Gasteiger partial charge in [0.15, 0.2) is 0 Å². The van der Waals surface area contributed by atoms with Crippen LogP contribution < -0.4 is 10.6 Å². The molecule has 3 aliphatic heterocycles. The second-order valence-electron chi connectivity index (χ2n) is 12.6. The van der Waals surface area contributed by atoms with Gasteiger partial charge in [-0.3, -0.25) is 9.91 Å². The number of carbonyl (C=O) groups is 1. The first-order chi connectivity index (χ1) is 18.0. The Bertz CT molecular complexity index is 919. The van der Waals surface area contributed by atoms with Gasteiger partial charge in [0.1, 0.15) is 0 Å². The molecule has 3 N–H and O–H groups in total. The summed E-state index contributed by atoms with van der Waals surface area (Å²) < 4.78 is 0. The normalized spacial score (nSPS) is 34.6. The number of hydrogen-bond acceptors (Lipinski definition) is 5. The van der Waals surface area contributed by atoms with Crippen LogP contribution in [-0.2, 0) is 0 Å². The lowest BCUT2D eigenvalue weighted by molar-refractivity contribution is -0.0307. The molecule has 3 saturated heterocycles. The quantitative estimate of drug-likeness (QED) is 0.465. The van der Waals surface area contributed by atoms with E-state index in [1.165, 1.54) is 77.0 Å². The maximum absolute atomic E-state index is 13.1. The van der Waals surface area contributed by atoms with E-state index in [1.54, 1.807) is 16.8 Å². The van der Waals surface area contributed by atoms with Gasteiger partial charge >= 0.3 is 13.1 Å². The van der Waals surface area contributed by atoms with Crippen molar-refractivity contribution in [1.29, 1.82) is 0 Å². The number of nitrogens with zero attached hydrogens (tertiary/aromatic N) is 3. The number of hydrogen-bond donors (Lipinski definition) is 3. The molecule has 2 saturated carbocycles. The number of carbonyl (C=O) groups excluding carboxylic acids is 1. The average molecular weight is 508 g/mol. The Hall–Kier alpha value is -1.77. The number of fused-ring (bicyclic) bond motifs is 4. The number of para-hydroxylation sites is 2. The number of benzene rings is 1. The second kappa shape index (κ2) is 11.2. The molecule has 202 valence electrons. The van der Waals surface area contributed by atoms with E-state index in [1.807, 2.05) is 12.1 Å². The lowest BCUT2D eigenvalue weighted by Crippen LogP contribution is -2.59. The Morgan fingerprint density at radius 1 is 0.838 bits per heavy atom. The van der Waals surface area contributed by atoms with Crippen LogP contribution >= 0.6 is 0 Å². The minimum Gasteiger partial charge on any atom is -0.436 e. The summed E-state index contributed by atoms with van der Waals surface area (Å²) in [6, 6.07) is 10.6. The summed E-state index contributed by atoms with van der Waals surface area (Å²) in [4.78, 5) is 17.8. The molecule has 0 radical (unpaired) electrons. The van der Waals surface area contributed by atoms with Crippen molar-refractivity contribution in [2.24, 2.45) is 11.8 Å². The van der Waals surface area contributed by atoms with Crippen molar-refractivity contribution in [3.05, 3.63) is 24.3 Å². The van der Waals surface area contributed by atoms with Crippen LogP contribution in [0.4, 0.5) is 16.2 Å². The van der Waals surface area contributed by atoms with Crippen LogP contribution in [0, 0.1) is 11.8 Å². The molecule has 5 aliphatic rings. The number of nitrogens with one attached hydrogen (secondary N) is 2. The van der Waals surface area contributed by atoms with E-state index in [9.17, 15) is 9.82 Å². The Balaban J connectivity index is 1.12. The molecule has 4 bridgehead atoms. The van der Waals surface area contributed by atoms with E-state index in [0.717, 1.165) is 35.7 Å². The van der Waals surface area contributed by atoms with Crippen LogP contribution in [0.5, 0.6) is 0 Å². The standard InChI is InChI=1S/C29H46BN5O2/c1-30(37)34-15-7-14-33(34)29(36)32-28-13-5-4-12-27(28)31-23-19-24-10-6-11-25(20-23)35(24)26-17-21-8-2-3-9-22(16-21)18-26/h4-5,12-13,21-26,31,37H,2-3,6-11,14-20H2,1H3,(H,32,36)/t21-,22+,23?,24-,25+,26?. The zero-order valence-corrected chi connectivity index (χ0v) is 22.7. The molecule has 8 heteroatoms.